The Balaban J connectivity index is 1.23. The zero-order chi connectivity index (χ0) is 31.6. The molecule has 2 aliphatic carbocycles. The van der Waals surface area contributed by atoms with E-state index >= 15 is 0 Å². The largest absolute Gasteiger partial charge is 0.408 e. The van der Waals surface area contributed by atoms with E-state index in [-0.39, 0.29) is 24.4 Å². The molecule has 4 aromatic heterocycles. The number of alkyl halides is 3. The Kier molecular flexibility index (Phi) is 8.47. The van der Waals surface area contributed by atoms with Crippen LogP contribution < -0.4 is 10.6 Å². The summed E-state index contributed by atoms with van der Waals surface area (Å²) < 4.78 is 65.0. The normalized spacial score (nSPS) is 18.7. The third-order valence-electron chi connectivity index (χ3n) is 7.62. The molecule has 16 heteroatoms. The van der Waals surface area contributed by atoms with E-state index in [9.17, 15) is 26.7 Å². The second-order valence-electron chi connectivity index (χ2n) is 11.2. The fraction of sp³-hybridized carbons (Fsp3) is 0.414. The number of aliphatic hydroxyl groups is 1. The van der Waals surface area contributed by atoms with Gasteiger partial charge in [0.25, 0.3) is 10.0 Å². The number of aromatic nitrogens is 7. The maximum absolute atomic E-state index is 12.7. The van der Waals surface area contributed by atoms with Crippen LogP contribution in [0, 0.1) is 17.8 Å². The first kappa shape index (κ1) is 30.5. The predicted molar refractivity (Wildman–Crippen MR) is 159 cm³/mol. The summed E-state index contributed by atoms with van der Waals surface area (Å²) in [5, 5.41) is 23.5. The van der Waals surface area contributed by atoms with Gasteiger partial charge in [-0.05, 0) is 50.5 Å². The van der Waals surface area contributed by atoms with E-state index in [0.29, 0.717) is 46.9 Å². The number of anilines is 3. The average Bonchev–Trinajstić information content (AvgIpc) is 3.60. The van der Waals surface area contributed by atoms with E-state index in [1.807, 2.05) is 0 Å². The Bertz CT molecular complexity index is 1830. The molecule has 0 aliphatic heterocycles. The summed E-state index contributed by atoms with van der Waals surface area (Å²) >= 11 is 0. The first-order valence-corrected chi connectivity index (χ1v) is 15.9. The van der Waals surface area contributed by atoms with E-state index in [4.69, 9.17) is 0 Å². The summed E-state index contributed by atoms with van der Waals surface area (Å²) in [5.74, 6) is 7.29. The molecule has 45 heavy (non-hydrogen) atoms. The summed E-state index contributed by atoms with van der Waals surface area (Å²) in [6.07, 6.45) is 8.76. The number of halogens is 3. The molecule has 0 aromatic carbocycles. The van der Waals surface area contributed by atoms with E-state index in [1.165, 1.54) is 31.0 Å². The van der Waals surface area contributed by atoms with Crippen LogP contribution in [-0.2, 0) is 16.6 Å². The van der Waals surface area contributed by atoms with E-state index in [1.54, 1.807) is 18.3 Å². The zero-order valence-corrected chi connectivity index (χ0v) is 24.8. The molecule has 0 atom stereocenters. The van der Waals surface area contributed by atoms with Crippen LogP contribution in [0.2, 0.25) is 0 Å². The fourth-order valence-electron chi connectivity index (χ4n) is 5.07. The fourth-order valence-corrected chi connectivity index (χ4v) is 6.54. The van der Waals surface area contributed by atoms with Gasteiger partial charge in [-0.2, -0.15) is 27.5 Å². The molecule has 0 radical (unpaired) electrons. The second-order valence-corrected chi connectivity index (χ2v) is 13.3. The van der Waals surface area contributed by atoms with Gasteiger partial charge in [-0.25, -0.2) is 23.4 Å². The Hall–Kier alpha value is -4.49. The lowest BCUT2D eigenvalue weighted by molar-refractivity contribution is -0.142. The van der Waals surface area contributed by atoms with Gasteiger partial charge < -0.3 is 15.7 Å². The number of nitrogens with zero attached hydrogens (tertiary/aromatic N) is 7. The van der Waals surface area contributed by atoms with Crippen molar-refractivity contribution in [3.05, 3.63) is 60.4 Å². The number of rotatable bonds is 9. The van der Waals surface area contributed by atoms with Gasteiger partial charge in [0.1, 0.15) is 18.2 Å². The van der Waals surface area contributed by atoms with Crippen molar-refractivity contribution in [1.82, 2.24) is 33.9 Å². The number of hydrogen-bond donors (Lipinski definition) is 3. The first-order valence-electron chi connectivity index (χ1n) is 14.4. The lowest BCUT2D eigenvalue weighted by atomic mass is 9.86. The minimum Gasteiger partial charge on any atom is -0.396 e. The van der Waals surface area contributed by atoms with Crippen LogP contribution in [0.15, 0.2) is 49.3 Å². The molecule has 0 amide bonds. The Morgan fingerprint density at radius 3 is 2.51 bits per heavy atom. The van der Waals surface area contributed by atoms with Gasteiger partial charge in [0.2, 0.25) is 0 Å². The minimum atomic E-state index is -4.39. The highest BCUT2D eigenvalue weighted by Crippen LogP contribution is 2.31. The van der Waals surface area contributed by atoms with Gasteiger partial charge in [-0.15, -0.1) is 0 Å². The van der Waals surface area contributed by atoms with Crippen LogP contribution in [0.4, 0.5) is 30.5 Å². The molecule has 6 rings (SSSR count). The highest BCUT2D eigenvalue weighted by molar-refractivity contribution is 7.90. The second kappa shape index (κ2) is 12.5. The third-order valence-corrected chi connectivity index (χ3v) is 9.66. The summed E-state index contributed by atoms with van der Waals surface area (Å²) in [4.78, 5) is 13.2. The van der Waals surface area contributed by atoms with Crippen molar-refractivity contribution in [3.63, 3.8) is 0 Å². The maximum atomic E-state index is 12.7. The quantitative estimate of drug-likeness (QED) is 0.229. The van der Waals surface area contributed by atoms with Crippen LogP contribution >= 0.6 is 0 Å². The van der Waals surface area contributed by atoms with E-state index in [2.05, 4.69) is 47.6 Å². The molecule has 2 fully saturated rings. The zero-order valence-electron chi connectivity index (χ0n) is 23.9. The van der Waals surface area contributed by atoms with Crippen LogP contribution in [-0.4, -0.2) is 71.5 Å². The van der Waals surface area contributed by atoms with Crippen LogP contribution in [0.3, 0.4) is 0 Å². The lowest BCUT2D eigenvalue weighted by Crippen LogP contribution is -2.27. The molecular weight excluding hydrogens is 611 g/mol. The molecule has 0 bridgehead atoms. The number of nitrogens with one attached hydrogen (secondary N) is 2. The molecule has 0 spiro atoms. The van der Waals surface area contributed by atoms with Gasteiger partial charge >= 0.3 is 6.18 Å². The predicted octanol–water partition coefficient (Wildman–Crippen LogP) is 3.94. The van der Waals surface area contributed by atoms with Gasteiger partial charge in [0.05, 0.1) is 46.2 Å². The molecule has 2 saturated carbocycles. The minimum absolute atomic E-state index is 0.132. The Morgan fingerprint density at radius 2 is 1.78 bits per heavy atom. The molecule has 0 saturated heterocycles. The SMILES string of the molecule is O=S(=O)(C1CC1)n1cc(-c2nccc(Nc3cc(NC4CCC(CO)CC4)c(C#Cc4cnn(CC(F)(F)F)c4)cn3)n2)cn1. The topological polar surface area (TPSA) is 153 Å². The standard InChI is InChI=1S/C29H30F3N9O3S/c30-29(31,32)18-40-15-20(12-35-40)1-4-21-13-34-27(11-25(21)37-23-5-2-19(17-42)3-6-23)38-26-9-10-33-28(39-26)22-14-36-41(16-22)45(43,44)24-7-8-24/h9-16,19,23-24,42H,2-3,5-8,17-18H2,(H2,33,34,37,38,39). The van der Waals surface area contributed by atoms with Crippen molar-refractivity contribution in [2.24, 2.45) is 5.92 Å². The van der Waals surface area contributed by atoms with Crippen molar-refractivity contribution in [3.8, 4) is 23.2 Å². The molecule has 0 unspecified atom stereocenters. The summed E-state index contributed by atoms with van der Waals surface area (Å²) in [7, 11) is -3.52. The molecule has 12 nitrogen and oxygen atoms in total. The summed E-state index contributed by atoms with van der Waals surface area (Å²) in [6.45, 7) is -1.04. The highest BCUT2D eigenvalue weighted by atomic mass is 32.2. The van der Waals surface area contributed by atoms with Gasteiger partial charge in [0.15, 0.2) is 5.82 Å². The van der Waals surface area contributed by atoms with Gasteiger partial charge in [0, 0.05) is 37.3 Å². The molecule has 236 valence electrons. The van der Waals surface area contributed by atoms with E-state index < -0.39 is 28.0 Å². The molecule has 4 aromatic rings. The van der Waals surface area contributed by atoms with Crippen molar-refractivity contribution < 1.29 is 26.7 Å². The Morgan fingerprint density at radius 1 is 0.978 bits per heavy atom. The number of hydrogen-bond acceptors (Lipinski definition) is 10. The first-order chi connectivity index (χ1) is 21.6. The number of pyridine rings is 1. The van der Waals surface area contributed by atoms with Crippen LogP contribution in [0.25, 0.3) is 11.4 Å². The maximum Gasteiger partial charge on any atom is 0.408 e. The van der Waals surface area contributed by atoms with E-state index in [0.717, 1.165) is 34.5 Å². The molecule has 4 heterocycles. The van der Waals surface area contributed by atoms with Gasteiger partial charge in [-0.1, -0.05) is 11.8 Å². The molecular formula is C29H30F3N9O3S. The summed E-state index contributed by atoms with van der Waals surface area (Å²) in [5.41, 5.74) is 2.00. The average molecular weight is 642 g/mol. The monoisotopic (exact) mass is 641 g/mol. The van der Waals surface area contributed by atoms with Crippen molar-refractivity contribution in [2.75, 3.05) is 17.2 Å². The van der Waals surface area contributed by atoms with Crippen LogP contribution in [0.5, 0.6) is 0 Å². The van der Waals surface area contributed by atoms with Crippen molar-refractivity contribution >= 4 is 27.3 Å². The smallest absolute Gasteiger partial charge is 0.396 e. The van der Waals surface area contributed by atoms with Crippen LogP contribution in [0.1, 0.15) is 49.7 Å². The molecule has 2 aliphatic rings. The highest BCUT2D eigenvalue weighted by Gasteiger charge is 2.37. The third kappa shape index (κ3) is 7.60. The van der Waals surface area contributed by atoms with Gasteiger partial charge in [-0.3, -0.25) is 4.68 Å². The lowest BCUT2D eigenvalue weighted by Gasteiger charge is -2.29. The van der Waals surface area contributed by atoms with Crippen molar-refractivity contribution in [2.45, 2.75) is 62.5 Å². The number of aliphatic hydroxyl groups excluding tert-OH is 1. The molecule has 3 N–H and O–H groups in total. The Labute approximate surface area is 257 Å². The van der Waals surface area contributed by atoms with Crippen molar-refractivity contribution in [1.29, 1.82) is 0 Å². The summed E-state index contributed by atoms with van der Waals surface area (Å²) in [6, 6.07) is 3.55.